The fourth-order valence-electron chi connectivity index (χ4n) is 3.93. The van der Waals surface area contributed by atoms with E-state index in [-0.39, 0.29) is 18.4 Å². The number of imide groups is 1. The zero-order chi connectivity index (χ0) is 24.9. The third kappa shape index (κ3) is 5.75. The van der Waals surface area contributed by atoms with E-state index >= 15 is 0 Å². The van der Waals surface area contributed by atoms with Crippen molar-refractivity contribution in [2.75, 3.05) is 25.6 Å². The number of halogens is 1. The SMILES string of the molecule is COCCOc1cc(NC(=O)NCc2ccc3c([C@H]4CCC(=O)NC4=O)coc3c2)cc(Cl)c1C. The number of fused-ring (bicyclic) bond motifs is 1. The van der Waals surface area contributed by atoms with Crippen LogP contribution in [0, 0.1) is 6.92 Å². The normalized spacial score (nSPS) is 15.7. The molecule has 1 fully saturated rings. The minimum Gasteiger partial charge on any atom is -0.491 e. The fraction of sp³-hybridized carbons (Fsp3) is 0.320. The molecule has 35 heavy (non-hydrogen) atoms. The zero-order valence-electron chi connectivity index (χ0n) is 19.4. The Morgan fingerprint density at radius 2 is 2.06 bits per heavy atom. The van der Waals surface area contributed by atoms with Gasteiger partial charge in [0.1, 0.15) is 17.9 Å². The molecule has 1 saturated heterocycles. The van der Waals surface area contributed by atoms with Crippen LogP contribution < -0.4 is 20.7 Å². The Morgan fingerprint density at radius 3 is 2.83 bits per heavy atom. The van der Waals surface area contributed by atoms with Crippen LogP contribution in [0.3, 0.4) is 0 Å². The van der Waals surface area contributed by atoms with Crippen LogP contribution in [0.4, 0.5) is 10.5 Å². The van der Waals surface area contributed by atoms with E-state index in [9.17, 15) is 14.4 Å². The number of rotatable bonds is 8. The molecule has 0 spiro atoms. The van der Waals surface area contributed by atoms with E-state index in [1.807, 2.05) is 25.1 Å². The van der Waals surface area contributed by atoms with Gasteiger partial charge in [-0.15, -0.1) is 0 Å². The van der Waals surface area contributed by atoms with E-state index in [1.165, 1.54) is 0 Å². The lowest BCUT2D eigenvalue weighted by molar-refractivity contribution is -0.134. The molecule has 3 aromatic rings. The van der Waals surface area contributed by atoms with Gasteiger partial charge in [0.05, 0.1) is 18.8 Å². The highest BCUT2D eigenvalue weighted by Crippen LogP contribution is 2.33. The highest BCUT2D eigenvalue weighted by atomic mass is 35.5. The minimum atomic E-state index is -0.423. The van der Waals surface area contributed by atoms with Crippen molar-refractivity contribution in [1.29, 1.82) is 0 Å². The van der Waals surface area contributed by atoms with E-state index in [0.29, 0.717) is 48.1 Å². The highest BCUT2D eigenvalue weighted by Gasteiger charge is 2.30. The van der Waals surface area contributed by atoms with Crippen LogP contribution in [0.15, 0.2) is 41.0 Å². The summed E-state index contributed by atoms with van der Waals surface area (Å²) in [4.78, 5) is 36.1. The van der Waals surface area contributed by atoms with Crippen molar-refractivity contribution in [3.05, 3.63) is 58.3 Å². The number of amides is 4. The maximum atomic E-state index is 12.5. The number of carbonyl (C=O) groups is 3. The van der Waals surface area contributed by atoms with Crippen LogP contribution in [0.25, 0.3) is 11.0 Å². The van der Waals surface area contributed by atoms with Gasteiger partial charge in [0.25, 0.3) is 0 Å². The Bertz CT molecular complexity index is 1270. The minimum absolute atomic E-state index is 0.256. The molecule has 4 amide bonds. The molecule has 9 nitrogen and oxygen atoms in total. The molecule has 2 heterocycles. The van der Waals surface area contributed by atoms with Gasteiger partial charge < -0.3 is 24.5 Å². The summed E-state index contributed by atoms with van der Waals surface area (Å²) < 4.78 is 16.3. The number of hydrogen-bond donors (Lipinski definition) is 3. The third-order valence-corrected chi connectivity index (χ3v) is 6.23. The number of nitrogens with one attached hydrogen (secondary N) is 3. The van der Waals surface area contributed by atoms with Crippen molar-refractivity contribution in [2.45, 2.75) is 32.2 Å². The average molecular weight is 500 g/mol. The molecule has 10 heteroatoms. The van der Waals surface area contributed by atoms with Gasteiger partial charge in [0.2, 0.25) is 11.8 Å². The Kier molecular flexibility index (Phi) is 7.57. The van der Waals surface area contributed by atoms with E-state index in [4.69, 9.17) is 25.5 Å². The van der Waals surface area contributed by atoms with E-state index in [1.54, 1.807) is 25.5 Å². The van der Waals surface area contributed by atoms with Gasteiger partial charge in [0.15, 0.2) is 0 Å². The molecule has 1 aromatic heterocycles. The number of piperidine rings is 1. The number of furan rings is 1. The Morgan fingerprint density at radius 1 is 1.23 bits per heavy atom. The van der Waals surface area contributed by atoms with Gasteiger partial charge in [-0.3, -0.25) is 14.9 Å². The summed E-state index contributed by atoms with van der Waals surface area (Å²) in [5.41, 5.74) is 3.45. The largest absolute Gasteiger partial charge is 0.491 e. The molecule has 0 unspecified atom stereocenters. The second kappa shape index (κ2) is 10.8. The van der Waals surface area contributed by atoms with Crippen molar-refractivity contribution in [3.8, 4) is 5.75 Å². The quantitative estimate of drug-likeness (QED) is 0.315. The summed E-state index contributed by atoms with van der Waals surface area (Å²) in [6.07, 6.45) is 2.31. The highest BCUT2D eigenvalue weighted by molar-refractivity contribution is 6.32. The summed E-state index contributed by atoms with van der Waals surface area (Å²) in [7, 11) is 1.59. The van der Waals surface area contributed by atoms with Crippen LogP contribution in [-0.2, 0) is 20.9 Å². The van der Waals surface area contributed by atoms with Crippen molar-refractivity contribution in [2.24, 2.45) is 0 Å². The van der Waals surface area contributed by atoms with Gasteiger partial charge >= 0.3 is 6.03 Å². The summed E-state index contributed by atoms with van der Waals surface area (Å²) >= 11 is 6.28. The summed E-state index contributed by atoms with van der Waals surface area (Å²) in [5.74, 6) is -0.420. The Labute approximate surface area is 207 Å². The topological polar surface area (TPSA) is 119 Å². The number of anilines is 1. The van der Waals surface area contributed by atoms with Crippen LogP contribution in [0.2, 0.25) is 5.02 Å². The molecular formula is C25H26ClN3O6. The molecular weight excluding hydrogens is 474 g/mol. The Hall–Kier alpha value is -3.56. The van der Waals surface area contributed by atoms with Crippen LogP contribution in [-0.4, -0.2) is 38.2 Å². The molecule has 1 atom stereocenters. The lowest BCUT2D eigenvalue weighted by atomic mass is 9.90. The third-order valence-electron chi connectivity index (χ3n) is 5.84. The van der Waals surface area contributed by atoms with Crippen molar-refractivity contribution in [3.63, 3.8) is 0 Å². The monoisotopic (exact) mass is 499 g/mol. The summed E-state index contributed by atoms with van der Waals surface area (Å²) in [6.45, 7) is 2.89. The van der Waals surface area contributed by atoms with Crippen molar-refractivity contribution in [1.82, 2.24) is 10.6 Å². The molecule has 0 saturated carbocycles. The molecule has 2 aromatic carbocycles. The Balaban J connectivity index is 1.38. The number of benzene rings is 2. The maximum absolute atomic E-state index is 12.5. The van der Waals surface area contributed by atoms with Crippen molar-refractivity contribution < 1.29 is 28.3 Å². The first-order valence-corrected chi connectivity index (χ1v) is 11.5. The van der Waals surface area contributed by atoms with Gasteiger partial charge in [-0.25, -0.2) is 4.79 Å². The van der Waals surface area contributed by atoms with Crippen LogP contribution in [0.1, 0.15) is 35.4 Å². The first-order chi connectivity index (χ1) is 16.9. The van der Waals surface area contributed by atoms with Gasteiger partial charge in [-0.2, -0.15) is 0 Å². The number of hydrogen-bond acceptors (Lipinski definition) is 6. The van der Waals surface area contributed by atoms with Gasteiger partial charge in [-0.1, -0.05) is 23.7 Å². The predicted octanol–water partition coefficient (Wildman–Crippen LogP) is 4.26. The molecule has 184 valence electrons. The molecule has 0 radical (unpaired) electrons. The lowest BCUT2D eigenvalue weighted by Gasteiger charge is -2.19. The smallest absolute Gasteiger partial charge is 0.319 e. The van der Waals surface area contributed by atoms with Crippen molar-refractivity contribution >= 4 is 46.1 Å². The molecule has 1 aliphatic heterocycles. The molecule has 0 bridgehead atoms. The molecule has 0 aliphatic carbocycles. The maximum Gasteiger partial charge on any atom is 0.319 e. The van der Waals surface area contributed by atoms with Crippen LogP contribution in [0.5, 0.6) is 5.75 Å². The zero-order valence-corrected chi connectivity index (χ0v) is 20.2. The first-order valence-electron chi connectivity index (χ1n) is 11.2. The predicted molar refractivity (Wildman–Crippen MR) is 131 cm³/mol. The molecule has 4 rings (SSSR count). The number of carbonyl (C=O) groups excluding carboxylic acids is 3. The summed E-state index contributed by atoms with van der Waals surface area (Å²) in [5, 5.41) is 9.22. The van der Waals surface area contributed by atoms with E-state index in [0.717, 1.165) is 22.1 Å². The molecule has 1 aliphatic rings. The van der Waals surface area contributed by atoms with Crippen LogP contribution >= 0.6 is 11.6 Å². The standard InChI is InChI=1S/C25H26ClN3O6/c1-14-20(26)10-16(11-21(14)34-8-7-33-2)28-25(32)27-12-15-3-4-17-19(13-35-22(17)9-15)18-5-6-23(30)29-24(18)31/h3-4,9-11,13,18H,5-8,12H2,1-2H3,(H2,27,28,32)(H,29,30,31)/t18-/m1/s1. The van der Waals surface area contributed by atoms with Gasteiger partial charge in [0, 0.05) is 53.4 Å². The van der Waals surface area contributed by atoms with E-state index in [2.05, 4.69) is 16.0 Å². The second-order valence-electron chi connectivity index (χ2n) is 8.26. The molecule has 3 N–H and O–H groups in total. The first kappa shape index (κ1) is 24.6. The average Bonchev–Trinajstić information content (AvgIpc) is 3.24. The number of ether oxygens (including phenoxy) is 2. The number of urea groups is 1. The van der Waals surface area contributed by atoms with E-state index < -0.39 is 11.9 Å². The van der Waals surface area contributed by atoms with Gasteiger partial charge in [-0.05, 0) is 31.0 Å². The lowest BCUT2D eigenvalue weighted by Crippen LogP contribution is -2.39. The number of methoxy groups -OCH3 is 1. The second-order valence-corrected chi connectivity index (χ2v) is 8.66. The summed E-state index contributed by atoms with van der Waals surface area (Å²) in [6, 6.07) is 8.49. The fourth-order valence-corrected chi connectivity index (χ4v) is 4.14.